The lowest BCUT2D eigenvalue weighted by atomic mass is 10.1. The number of benzene rings is 1. The van der Waals surface area contributed by atoms with Crippen molar-refractivity contribution in [2.45, 2.75) is 18.5 Å². The fraction of sp³-hybridized carbons (Fsp3) is 0.250. The second-order valence-corrected chi connectivity index (χ2v) is 8.09. The molecule has 10 heteroatoms. The van der Waals surface area contributed by atoms with Gasteiger partial charge in [0.2, 0.25) is 0 Å². The minimum absolute atomic E-state index is 0.000974. The number of rotatable bonds is 6. The molecule has 0 spiro atoms. The molecule has 0 bridgehead atoms. The molecule has 1 fully saturated rings. The van der Waals surface area contributed by atoms with Gasteiger partial charge in [-0.2, -0.15) is 5.10 Å². The van der Waals surface area contributed by atoms with Crippen LogP contribution in [0.3, 0.4) is 0 Å². The number of hydrogen-bond donors (Lipinski definition) is 2. The van der Waals surface area contributed by atoms with Crippen LogP contribution in [-0.4, -0.2) is 62.2 Å². The molecule has 1 aliphatic heterocycles. The zero-order chi connectivity index (χ0) is 23.7. The number of ether oxygens (including phenoxy) is 1. The third-order valence-electron chi connectivity index (χ3n) is 5.86. The zero-order valence-corrected chi connectivity index (χ0v) is 18.5. The van der Waals surface area contributed by atoms with Gasteiger partial charge < -0.3 is 20.5 Å². The average molecular weight is 462 g/mol. The molecule has 0 unspecified atom stereocenters. The first-order valence-corrected chi connectivity index (χ1v) is 10.9. The van der Waals surface area contributed by atoms with E-state index in [1.54, 1.807) is 41.5 Å². The Hall–Kier alpha value is -3.89. The molecule has 174 valence electrons. The van der Waals surface area contributed by atoms with Gasteiger partial charge in [0.15, 0.2) is 11.6 Å². The minimum Gasteiger partial charge on any atom is -0.496 e. The van der Waals surface area contributed by atoms with Gasteiger partial charge >= 0.3 is 0 Å². The van der Waals surface area contributed by atoms with Gasteiger partial charge in [0, 0.05) is 30.5 Å². The summed E-state index contributed by atoms with van der Waals surface area (Å²) in [7, 11) is 1.48. The van der Waals surface area contributed by atoms with Gasteiger partial charge in [-0.15, -0.1) is 0 Å². The van der Waals surface area contributed by atoms with Crippen LogP contribution in [0.15, 0.2) is 61.1 Å². The highest BCUT2D eigenvalue weighted by atomic mass is 19.1. The monoisotopic (exact) mass is 461 g/mol. The van der Waals surface area contributed by atoms with Crippen LogP contribution >= 0.6 is 0 Å². The molecule has 3 N–H and O–H groups in total. The van der Waals surface area contributed by atoms with Crippen molar-refractivity contribution in [3.8, 4) is 34.2 Å². The predicted molar refractivity (Wildman–Crippen MR) is 125 cm³/mol. The van der Waals surface area contributed by atoms with Crippen molar-refractivity contribution >= 4 is 5.82 Å². The lowest BCUT2D eigenvalue weighted by molar-refractivity contribution is 0.265. The number of methoxy groups -OCH3 is 1. The van der Waals surface area contributed by atoms with Gasteiger partial charge in [0.1, 0.15) is 17.4 Å². The first-order valence-electron chi connectivity index (χ1n) is 10.9. The first-order chi connectivity index (χ1) is 16.6. The average Bonchev–Trinajstić information content (AvgIpc) is 3.51. The molecule has 34 heavy (non-hydrogen) atoms. The molecule has 0 saturated carbocycles. The van der Waals surface area contributed by atoms with Gasteiger partial charge in [0.25, 0.3) is 0 Å². The Morgan fingerprint density at radius 2 is 1.97 bits per heavy atom. The molecule has 4 aromatic rings. The summed E-state index contributed by atoms with van der Waals surface area (Å²) in [6, 6.07) is 11.9. The summed E-state index contributed by atoms with van der Waals surface area (Å²) in [5.74, 6) is 1.47. The van der Waals surface area contributed by atoms with Crippen molar-refractivity contribution in [2.24, 2.45) is 5.73 Å². The van der Waals surface area contributed by atoms with E-state index in [1.807, 2.05) is 23.1 Å². The van der Waals surface area contributed by atoms with Crippen LogP contribution in [0.25, 0.3) is 28.5 Å². The molecular formula is C24H24FN7O2. The van der Waals surface area contributed by atoms with Crippen molar-refractivity contribution in [1.82, 2.24) is 24.7 Å². The molecule has 1 saturated heterocycles. The van der Waals surface area contributed by atoms with E-state index >= 15 is 0 Å². The van der Waals surface area contributed by atoms with Crippen molar-refractivity contribution in [3.63, 3.8) is 0 Å². The maximum absolute atomic E-state index is 14.5. The number of nitrogens with zero attached hydrogens (tertiary/aromatic N) is 6. The minimum atomic E-state index is -0.462. The van der Waals surface area contributed by atoms with Crippen LogP contribution < -0.4 is 15.4 Å². The van der Waals surface area contributed by atoms with E-state index < -0.39 is 5.82 Å². The van der Waals surface area contributed by atoms with Gasteiger partial charge in [-0.1, -0.05) is 12.1 Å². The van der Waals surface area contributed by atoms with Crippen molar-refractivity contribution in [2.75, 3.05) is 25.2 Å². The molecule has 0 radical (unpaired) electrons. The molecular weight excluding hydrogens is 437 g/mol. The molecule has 9 nitrogen and oxygen atoms in total. The Labute approximate surface area is 195 Å². The Kier molecular flexibility index (Phi) is 5.91. The fourth-order valence-corrected chi connectivity index (χ4v) is 4.22. The first kappa shape index (κ1) is 21.9. The predicted octanol–water partition coefficient (Wildman–Crippen LogP) is 2.44. The summed E-state index contributed by atoms with van der Waals surface area (Å²) in [5.41, 5.74) is 7.60. The van der Waals surface area contributed by atoms with E-state index in [4.69, 9.17) is 15.5 Å². The molecule has 4 heterocycles. The van der Waals surface area contributed by atoms with Crippen LogP contribution in [0.2, 0.25) is 0 Å². The summed E-state index contributed by atoms with van der Waals surface area (Å²) in [6.45, 7) is 0.656. The van der Waals surface area contributed by atoms with Gasteiger partial charge in [0.05, 0.1) is 37.2 Å². The molecule has 1 aromatic carbocycles. The van der Waals surface area contributed by atoms with E-state index in [1.165, 1.54) is 13.2 Å². The highest BCUT2D eigenvalue weighted by Crippen LogP contribution is 2.31. The lowest BCUT2D eigenvalue weighted by Gasteiger charge is -2.24. The number of anilines is 1. The maximum Gasteiger partial charge on any atom is 0.166 e. The van der Waals surface area contributed by atoms with Crippen LogP contribution in [0, 0.1) is 5.82 Å². The SMILES string of the molecule is COc1cccc(F)c1-c1nccc(-c2cnn(-c3cccc(N4C[C@H](N)C[C@H]4CO)n3)c2)n1. The quantitative estimate of drug-likeness (QED) is 0.450. The normalized spacial score (nSPS) is 17.8. The number of aromatic nitrogens is 5. The summed E-state index contributed by atoms with van der Waals surface area (Å²) in [6.07, 6.45) is 5.76. The summed E-state index contributed by atoms with van der Waals surface area (Å²) in [5, 5.41) is 14.1. The highest BCUT2D eigenvalue weighted by Gasteiger charge is 2.30. The fourth-order valence-electron chi connectivity index (χ4n) is 4.22. The van der Waals surface area contributed by atoms with Crippen molar-refractivity contribution in [3.05, 3.63) is 66.9 Å². The largest absolute Gasteiger partial charge is 0.496 e. The van der Waals surface area contributed by atoms with Crippen molar-refractivity contribution < 1.29 is 14.2 Å². The Morgan fingerprint density at radius 1 is 1.15 bits per heavy atom. The highest BCUT2D eigenvalue weighted by molar-refractivity contribution is 5.68. The van der Waals surface area contributed by atoms with Gasteiger partial charge in [-0.25, -0.2) is 24.0 Å². The third-order valence-corrected chi connectivity index (χ3v) is 5.86. The summed E-state index contributed by atoms with van der Waals surface area (Å²) in [4.78, 5) is 15.5. The van der Waals surface area contributed by atoms with E-state index in [9.17, 15) is 9.50 Å². The number of hydrogen-bond acceptors (Lipinski definition) is 8. The molecule has 2 atom stereocenters. The topological polar surface area (TPSA) is 115 Å². The summed E-state index contributed by atoms with van der Waals surface area (Å²) < 4.78 is 21.5. The Morgan fingerprint density at radius 3 is 2.79 bits per heavy atom. The standard InChI is InChI=1S/C24H24FN7O2/c1-34-20-5-2-4-18(25)23(20)24-27-9-8-19(29-24)15-11-28-32(12-15)22-7-3-6-21(30-22)31-13-16(26)10-17(31)14-33/h2-9,11-12,16-17,33H,10,13-14,26H2,1H3/t16-,17+/m1/s1. The van der Waals surface area contributed by atoms with Crippen LogP contribution in [-0.2, 0) is 0 Å². The second-order valence-electron chi connectivity index (χ2n) is 8.09. The van der Waals surface area contributed by atoms with E-state index in [2.05, 4.69) is 15.1 Å². The number of halogens is 1. The molecule has 0 amide bonds. The molecule has 5 rings (SSSR count). The number of aliphatic hydroxyl groups excluding tert-OH is 1. The number of nitrogens with two attached hydrogens (primary N) is 1. The van der Waals surface area contributed by atoms with Crippen LogP contribution in [0.5, 0.6) is 5.75 Å². The van der Waals surface area contributed by atoms with Crippen LogP contribution in [0.4, 0.5) is 10.2 Å². The zero-order valence-electron chi connectivity index (χ0n) is 18.5. The molecule has 0 aliphatic carbocycles. The Bertz CT molecular complexity index is 1310. The van der Waals surface area contributed by atoms with Crippen LogP contribution in [0.1, 0.15) is 6.42 Å². The maximum atomic E-state index is 14.5. The van der Waals surface area contributed by atoms with E-state index in [0.717, 1.165) is 17.8 Å². The molecule has 1 aliphatic rings. The number of aliphatic hydroxyl groups is 1. The molecule has 3 aromatic heterocycles. The van der Waals surface area contributed by atoms with Gasteiger partial charge in [-0.05, 0) is 36.8 Å². The lowest BCUT2D eigenvalue weighted by Crippen LogP contribution is -2.33. The second kappa shape index (κ2) is 9.16. The Balaban J connectivity index is 1.45. The van der Waals surface area contributed by atoms with E-state index in [0.29, 0.717) is 23.8 Å². The van der Waals surface area contributed by atoms with E-state index in [-0.39, 0.29) is 30.1 Å². The summed E-state index contributed by atoms with van der Waals surface area (Å²) >= 11 is 0. The number of pyridine rings is 1. The third kappa shape index (κ3) is 4.09. The van der Waals surface area contributed by atoms with Crippen molar-refractivity contribution in [1.29, 1.82) is 0 Å². The smallest absolute Gasteiger partial charge is 0.166 e. The van der Waals surface area contributed by atoms with Gasteiger partial charge in [-0.3, -0.25) is 0 Å².